The molecule has 0 saturated heterocycles. The molecule has 84 valence electrons. The number of hydrogen-bond acceptors (Lipinski definition) is 2. The van der Waals surface area contributed by atoms with E-state index in [4.69, 9.17) is 11.6 Å². The minimum Gasteiger partial charge on any atom is -0.356 e. The molecule has 1 aromatic rings. The third-order valence-electron chi connectivity index (χ3n) is 2.15. The molecule has 0 fully saturated rings. The zero-order chi connectivity index (χ0) is 11.3. The molecule has 1 heterocycles. The smallest absolute Gasteiger partial charge is 0.224 e. The van der Waals surface area contributed by atoms with Crippen LogP contribution in [0, 0.1) is 5.92 Å². The number of carbonyl (C=O) groups is 1. The van der Waals surface area contributed by atoms with Crippen molar-refractivity contribution in [2.45, 2.75) is 13.3 Å². The van der Waals surface area contributed by atoms with Gasteiger partial charge in [0, 0.05) is 31.6 Å². The highest BCUT2D eigenvalue weighted by Gasteiger charge is 2.10. The Labute approximate surface area is 94.6 Å². The van der Waals surface area contributed by atoms with Gasteiger partial charge in [-0.05, 0) is 12.0 Å². The van der Waals surface area contributed by atoms with E-state index in [9.17, 15) is 4.79 Å². The second kappa shape index (κ2) is 5.75. The van der Waals surface area contributed by atoms with Gasteiger partial charge in [-0.25, -0.2) is 0 Å². The zero-order valence-electron chi connectivity index (χ0n) is 9.03. The lowest BCUT2D eigenvalue weighted by Crippen LogP contribution is -2.31. The summed E-state index contributed by atoms with van der Waals surface area (Å²) in [4.78, 5) is 11.4. The summed E-state index contributed by atoms with van der Waals surface area (Å²) in [7, 11) is 1.87. The Balaban J connectivity index is 2.24. The molecule has 5 heteroatoms. The van der Waals surface area contributed by atoms with Crippen molar-refractivity contribution in [1.29, 1.82) is 0 Å². The maximum Gasteiger partial charge on any atom is 0.224 e. The number of alkyl halides is 1. The maximum atomic E-state index is 11.4. The molecule has 0 aliphatic carbocycles. The van der Waals surface area contributed by atoms with Crippen LogP contribution in [0.3, 0.4) is 0 Å². The standard InChI is InChI=1S/C10H16ClN3O/c1-8(5-11)10(15)12-4-3-9-6-13-14(2)7-9/h6-8H,3-5H2,1-2H3,(H,12,15). The molecule has 0 saturated carbocycles. The molecular weight excluding hydrogens is 214 g/mol. The molecule has 1 atom stereocenters. The Morgan fingerprint density at radius 1 is 1.73 bits per heavy atom. The number of nitrogens with zero attached hydrogens (tertiary/aromatic N) is 2. The number of hydrogen-bond donors (Lipinski definition) is 1. The molecule has 1 rings (SSSR count). The number of aryl methyl sites for hydroxylation is 1. The Morgan fingerprint density at radius 2 is 2.47 bits per heavy atom. The molecule has 4 nitrogen and oxygen atoms in total. The van der Waals surface area contributed by atoms with E-state index in [0.717, 1.165) is 12.0 Å². The lowest BCUT2D eigenvalue weighted by molar-refractivity contribution is -0.123. The van der Waals surface area contributed by atoms with Crippen molar-refractivity contribution < 1.29 is 4.79 Å². The topological polar surface area (TPSA) is 46.9 Å². The summed E-state index contributed by atoms with van der Waals surface area (Å²) < 4.78 is 1.75. The summed E-state index contributed by atoms with van der Waals surface area (Å²) in [6, 6.07) is 0. The number of nitrogens with one attached hydrogen (secondary N) is 1. The van der Waals surface area contributed by atoms with Crippen LogP contribution in [0.1, 0.15) is 12.5 Å². The molecule has 1 N–H and O–H groups in total. The van der Waals surface area contributed by atoms with Crippen molar-refractivity contribution in [3.05, 3.63) is 18.0 Å². The van der Waals surface area contributed by atoms with Crippen LogP contribution >= 0.6 is 11.6 Å². The molecule has 0 bridgehead atoms. The molecule has 1 aromatic heterocycles. The van der Waals surface area contributed by atoms with Crippen LogP contribution in [0.2, 0.25) is 0 Å². The summed E-state index contributed by atoms with van der Waals surface area (Å²) in [6.07, 6.45) is 4.54. The van der Waals surface area contributed by atoms with E-state index in [1.807, 2.05) is 20.2 Å². The molecule has 0 aliphatic heterocycles. The lowest BCUT2D eigenvalue weighted by Gasteiger charge is -2.07. The molecular formula is C10H16ClN3O. The number of amides is 1. The van der Waals surface area contributed by atoms with Gasteiger partial charge >= 0.3 is 0 Å². The van der Waals surface area contributed by atoms with Crippen molar-refractivity contribution in [2.75, 3.05) is 12.4 Å². The van der Waals surface area contributed by atoms with E-state index in [2.05, 4.69) is 10.4 Å². The summed E-state index contributed by atoms with van der Waals surface area (Å²) in [6.45, 7) is 2.44. The van der Waals surface area contributed by atoms with Crippen molar-refractivity contribution in [1.82, 2.24) is 15.1 Å². The van der Waals surface area contributed by atoms with Crippen LogP contribution in [0.4, 0.5) is 0 Å². The van der Waals surface area contributed by atoms with Crippen LogP contribution < -0.4 is 5.32 Å². The first-order valence-electron chi connectivity index (χ1n) is 4.94. The van der Waals surface area contributed by atoms with Crippen molar-refractivity contribution in [3.63, 3.8) is 0 Å². The Kier molecular flexibility index (Phi) is 4.62. The second-order valence-corrected chi connectivity index (χ2v) is 3.93. The first-order chi connectivity index (χ1) is 7.13. The molecule has 0 spiro atoms. The summed E-state index contributed by atoms with van der Waals surface area (Å²) in [5.41, 5.74) is 1.12. The number of aromatic nitrogens is 2. The van der Waals surface area contributed by atoms with Crippen LogP contribution in [0.25, 0.3) is 0 Å². The van der Waals surface area contributed by atoms with Gasteiger partial charge in [0.05, 0.1) is 6.20 Å². The van der Waals surface area contributed by atoms with E-state index in [-0.39, 0.29) is 11.8 Å². The van der Waals surface area contributed by atoms with Gasteiger partial charge in [0.2, 0.25) is 5.91 Å². The predicted molar refractivity (Wildman–Crippen MR) is 59.8 cm³/mol. The third-order valence-corrected chi connectivity index (χ3v) is 2.61. The van der Waals surface area contributed by atoms with Gasteiger partial charge in [0.25, 0.3) is 0 Å². The molecule has 15 heavy (non-hydrogen) atoms. The fraction of sp³-hybridized carbons (Fsp3) is 0.600. The van der Waals surface area contributed by atoms with Crippen molar-refractivity contribution >= 4 is 17.5 Å². The Hall–Kier alpha value is -1.03. The second-order valence-electron chi connectivity index (χ2n) is 3.62. The van der Waals surface area contributed by atoms with E-state index in [1.165, 1.54) is 0 Å². The molecule has 0 aliphatic rings. The summed E-state index contributed by atoms with van der Waals surface area (Å²) in [5.74, 6) is 0.244. The molecule has 0 aromatic carbocycles. The molecule has 0 radical (unpaired) electrons. The van der Waals surface area contributed by atoms with Crippen LogP contribution in [0.5, 0.6) is 0 Å². The first-order valence-corrected chi connectivity index (χ1v) is 5.48. The van der Waals surface area contributed by atoms with Crippen LogP contribution in [0.15, 0.2) is 12.4 Å². The molecule has 1 unspecified atom stereocenters. The maximum absolute atomic E-state index is 11.4. The third kappa shape index (κ3) is 3.91. The van der Waals surface area contributed by atoms with Crippen molar-refractivity contribution in [3.8, 4) is 0 Å². The average Bonchev–Trinajstić information content (AvgIpc) is 2.63. The monoisotopic (exact) mass is 229 g/mol. The largest absolute Gasteiger partial charge is 0.356 e. The summed E-state index contributed by atoms with van der Waals surface area (Å²) >= 11 is 5.57. The van der Waals surface area contributed by atoms with Gasteiger partial charge < -0.3 is 5.32 Å². The highest BCUT2D eigenvalue weighted by atomic mass is 35.5. The lowest BCUT2D eigenvalue weighted by atomic mass is 10.2. The fourth-order valence-corrected chi connectivity index (χ4v) is 1.32. The van der Waals surface area contributed by atoms with E-state index >= 15 is 0 Å². The number of halogens is 1. The average molecular weight is 230 g/mol. The van der Waals surface area contributed by atoms with Gasteiger partial charge in [0.15, 0.2) is 0 Å². The number of rotatable bonds is 5. The predicted octanol–water partition coefficient (Wildman–Crippen LogP) is 0.954. The minimum absolute atomic E-state index is 0.00823. The first kappa shape index (κ1) is 12.0. The quantitative estimate of drug-likeness (QED) is 0.765. The van der Waals surface area contributed by atoms with Crippen molar-refractivity contribution in [2.24, 2.45) is 13.0 Å². The van der Waals surface area contributed by atoms with Gasteiger partial charge in [-0.15, -0.1) is 11.6 Å². The highest BCUT2D eigenvalue weighted by Crippen LogP contribution is 1.99. The fourth-order valence-electron chi connectivity index (χ4n) is 1.18. The van der Waals surface area contributed by atoms with Gasteiger partial charge in [-0.1, -0.05) is 6.92 Å². The SMILES string of the molecule is CC(CCl)C(=O)NCCc1cnn(C)c1. The van der Waals surface area contributed by atoms with Crippen LogP contribution in [-0.2, 0) is 18.3 Å². The van der Waals surface area contributed by atoms with E-state index in [0.29, 0.717) is 12.4 Å². The highest BCUT2D eigenvalue weighted by molar-refractivity contribution is 6.19. The zero-order valence-corrected chi connectivity index (χ0v) is 9.79. The minimum atomic E-state index is -0.124. The van der Waals surface area contributed by atoms with Gasteiger partial charge in [0.1, 0.15) is 0 Å². The molecule has 1 amide bonds. The van der Waals surface area contributed by atoms with E-state index in [1.54, 1.807) is 10.9 Å². The van der Waals surface area contributed by atoms with Gasteiger partial charge in [-0.2, -0.15) is 5.10 Å². The summed E-state index contributed by atoms with van der Waals surface area (Å²) in [5, 5.41) is 6.88. The normalized spacial score (nSPS) is 12.5. The Bertz CT molecular complexity index is 324. The number of carbonyl (C=O) groups excluding carboxylic acids is 1. The van der Waals surface area contributed by atoms with Crippen LogP contribution in [-0.4, -0.2) is 28.1 Å². The van der Waals surface area contributed by atoms with E-state index < -0.39 is 0 Å². The Morgan fingerprint density at radius 3 is 3.00 bits per heavy atom. The van der Waals surface area contributed by atoms with Gasteiger partial charge in [-0.3, -0.25) is 9.48 Å².